The molecule has 0 aliphatic carbocycles. The Balaban J connectivity index is 0. The molecule has 0 aromatic heterocycles. The minimum Gasteiger partial charge on any atom is -1.00 e. The van der Waals surface area contributed by atoms with Crippen LogP contribution in [0.2, 0.25) is 0 Å². The van der Waals surface area contributed by atoms with E-state index in [0.717, 1.165) is 23.1 Å². The van der Waals surface area contributed by atoms with Crippen LogP contribution in [0.4, 0.5) is 0 Å². The van der Waals surface area contributed by atoms with E-state index >= 15 is 0 Å². The van der Waals surface area contributed by atoms with Gasteiger partial charge in [-0.05, 0) is 13.0 Å². The molecule has 0 unspecified atom stereocenters. The van der Waals surface area contributed by atoms with E-state index in [9.17, 15) is 4.79 Å². The van der Waals surface area contributed by atoms with Crippen LogP contribution in [0.25, 0.3) is 0 Å². The second-order valence-corrected chi connectivity index (χ2v) is 4.86. The first kappa shape index (κ1) is 19.7. The highest BCUT2D eigenvalue weighted by atomic mass is 35.5. The number of carbonyl (C=O) groups is 1. The molecular weight excluding hydrogens is 271 g/mol. The Labute approximate surface area is 122 Å². The van der Waals surface area contributed by atoms with Crippen LogP contribution in [0.5, 0.6) is 0 Å². The van der Waals surface area contributed by atoms with E-state index in [4.69, 9.17) is 5.73 Å². The fourth-order valence-electron chi connectivity index (χ4n) is 1.81. The van der Waals surface area contributed by atoms with Crippen LogP contribution >= 0.6 is 12.4 Å². The standard InChI is InChI=1S/C13H21N2O.2ClH/c1-11(16)13-6-4-5-12(9-13)10-15(2,3)8-7-14;;/h4-6,9H,7-8,10,14H2,1-3H3;2*1H/q+1;;/p-1. The lowest BCUT2D eigenvalue weighted by Crippen LogP contribution is -3.00. The summed E-state index contributed by atoms with van der Waals surface area (Å²) in [6, 6.07) is 7.82. The van der Waals surface area contributed by atoms with Gasteiger partial charge in [0.2, 0.25) is 0 Å². The fourth-order valence-corrected chi connectivity index (χ4v) is 1.81. The summed E-state index contributed by atoms with van der Waals surface area (Å²) < 4.78 is 0.845. The van der Waals surface area contributed by atoms with Gasteiger partial charge in [-0.1, -0.05) is 18.2 Å². The Hall–Kier alpha value is -0.610. The molecule has 1 aromatic carbocycles. The Kier molecular flexibility index (Phi) is 9.30. The van der Waals surface area contributed by atoms with Gasteiger partial charge in [0.15, 0.2) is 5.78 Å². The molecule has 5 heteroatoms. The van der Waals surface area contributed by atoms with Crippen molar-refractivity contribution in [2.24, 2.45) is 5.73 Å². The molecule has 0 aliphatic rings. The molecule has 0 bridgehead atoms. The number of rotatable bonds is 5. The van der Waals surface area contributed by atoms with Crippen molar-refractivity contribution in [2.45, 2.75) is 13.5 Å². The second-order valence-electron chi connectivity index (χ2n) is 4.86. The van der Waals surface area contributed by atoms with Gasteiger partial charge in [0.05, 0.1) is 20.6 Å². The predicted molar refractivity (Wildman–Crippen MR) is 73.4 cm³/mol. The van der Waals surface area contributed by atoms with Gasteiger partial charge in [0.25, 0.3) is 0 Å². The van der Waals surface area contributed by atoms with Gasteiger partial charge in [-0.2, -0.15) is 0 Å². The molecule has 1 rings (SSSR count). The Morgan fingerprint density at radius 3 is 2.44 bits per heavy atom. The van der Waals surface area contributed by atoms with Gasteiger partial charge in [-0.15, -0.1) is 12.4 Å². The lowest BCUT2D eigenvalue weighted by molar-refractivity contribution is -0.902. The fraction of sp³-hybridized carbons (Fsp3) is 0.462. The highest BCUT2D eigenvalue weighted by Gasteiger charge is 2.14. The van der Waals surface area contributed by atoms with Crippen LogP contribution in [0.15, 0.2) is 24.3 Å². The number of hydrogen-bond donors (Lipinski definition) is 1. The van der Waals surface area contributed by atoms with Crippen LogP contribution in [0, 0.1) is 0 Å². The summed E-state index contributed by atoms with van der Waals surface area (Å²) in [4.78, 5) is 11.3. The highest BCUT2D eigenvalue weighted by molar-refractivity contribution is 5.94. The molecule has 0 heterocycles. The average Bonchev–Trinajstić information content (AvgIpc) is 2.17. The van der Waals surface area contributed by atoms with E-state index in [1.54, 1.807) is 6.92 Å². The number of quaternary nitrogens is 1. The van der Waals surface area contributed by atoms with Crippen molar-refractivity contribution in [3.05, 3.63) is 35.4 Å². The van der Waals surface area contributed by atoms with Gasteiger partial charge in [0, 0.05) is 17.7 Å². The molecule has 0 saturated carbocycles. The first-order valence-corrected chi connectivity index (χ1v) is 5.56. The molecule has 0 saturated heterocycles. The van der Waals surface area contributed by atoms with Crippen molar-refractivity contribution in [1.82, 2.24) is 0 Å². The van der Waals surface area contributed by atoms with Crippen LogP contribution < -0.4 is 18.1 Å². The molecule has 18 heavy (non-hydrogen) atoms. The van der Waals surface area contributed by atoms with Crippen LogP contribution in [0.1, 0.15) is 22.8 Å². The Bertz CT molecular complexity index is 381. The van der Waals surface area contributed by atoms with E-state index in [-0.39, 0.29) is 30.6 Å². The molecule has 3 nitrogen and oxygen atoms in total. The van der Waals surface area contributed by atoms with Crippen molar-refractivity contribution >= 4 is 18.2 Å². The summed E-state index contributed by atoms with van der Waals surface area (Å²) in [5.74, 6) is 0.117. The van der Waals surface area contributed by atoms with Crippen LogP contribution in [-0.2, 0) is 6.54 Å². The van der Waals surface area contributed by atoms with Crippen LogP contribution in [-0.4, -0.2) is 37.5 Å². The van der Waals surface area contributed by atoms with E-state index in [2.05, 4.69) is 20.2 Å². The molecule has 0 radical (unpaired) electrons. The van der Waals surface area contributed by atoms with E-state index in [1.165, 1.54) is 5.56 Å². The zero-order valence-electron chi connectivity index (χ0n) is 11.1. The number of carbonyl (C=O) groups excluding carboxylic acids is 1. The van der Waals surface area contributed by atoms with E-state index in [0.29, 0.717) is 6.54 Å². The smallest absolute Gasteiger partial charge is 0.159 e. The van der Waals surface area contributed by atoms with E-state index in [1.807, 2.05) is 18.2 Å². The molecule has 2 N–H and O–H groups in total. The monoisotopic (exact) mass is 292 g/mol. The predicted octanol–water partition coefficient (Wildman–Crippen LogP) is -1.15. The van der Waals surface area contributed by atoms with Gasteiger partial charge in [0.1, 0.15) is 6.54 Å². The van der Waals surface area contributed by atoms with Crippen molar-refractivity contribution in [1.29, 1.82) is 0 Å². The van der Waals surface area contributed by atoms with Crippen molar-refractivity contribution in [3.63, 3.8) is 0 Å². The Morgan fingerprint density at radius 2 is 1.94 bits per heavy atom. The van der Waals surface area contributed by atoms with Gasteiger partial charge < -0.3 is 22.6 Å². The average molecular weight is 293 g/mol. The van der Waals surface area contributed by atoms with Gasteiger partial charge in [-0.3, -0.25) is 4.79 Å². The SMILES string of the molecule is CC(=O)c1cccc(C[N+](C)(C)CCN)c1.Cl.[Cl-]. The largest absolute Gasteiger partial charge is 1.00 e. The van der Waals surface area contributed by atoms with Crippen molar-refractivity contribution in [3.8, 4) is 0 Å². The molecule has 104 valence electrons. The number of likely N-dealkylation sites (N-methyl/N-ethyl adjacent to an activating group) is 1. The molecule has 0 spiro atoms. The maximum Gasteiger partial charge on any atom is 0.159 e. The minimum atomic E-state index is 0. The Morgan fingerprint density at radius 1 is 1.33 bits per heavy atom. The summed E-state index contributed by atoms with van der Waals surface area (Å²) >= 11 is 0. The minimum absolute atomic E-state index is 0. The zero-order chi connectivity index (χ0) is 12.2. The number of Topliss-reactive ketones (excluding diaryl/α,β-unsaturated/α-hetero) is 1. The lowest BCUT2D eigenvalue weighted by atomic mass is 10.1. The summed E-state index contributed by atoms with van der Waals surface area (Å²) in [5, 5.41) is 0. The molecule has 1 aromatic rings. The van der Waals surface area contributed by atoms with E-state index < -0.39 is 0 Å². The first-order chi connectivity index (χ1) is 7.44. The summed E-state index contributed by atoms with van der Waals surface area (Å²) in [6.45, 7) is 4.11. The quantitative estimate of drug-likeness (QED) is 0.550. The summed E-state index contributed by atoms with van der Waals surface area (Å²) in [5.41, 5.74) is 7.55. The molecule has 0 aliphatic heterocycles. The van der Waals surface area contributed by atoms with Crippen molar-refractivity contribution in [2.75, 3.05) is 27.2 Å². The highest BCUT2D eigenvalue weighted by Crippen LogP contribution is 2.11. The second kappa shape index (κ2) is 8.48. The molecule has 0 amide bonds. The first-order valence-electron chi connectivity index (χ1n) is 5.56. The number of ketones is 1. The van der Waals surface area contributed by atoms with Crippen molar-refractivity contribution < 1.29 is 21.7 Å². The summed E-state index contributed by atoms with van der Waals surface area (Å²) in [7, 11) is 4.29. The van der Waals surface area contributed by atoms with Gasteiger partial charge >= 0.3 is 0 Å². The number of benzene rings is 1. The number of hydrogen-bond acceptors (Lipinski definition) is 2. The zero-order valence-corrected chi connectivity index (χ0v) is 12.7. The molecular formula is C13H22Cl2N2O. The third-order valence-electron chi connectivity index (χ3n) is 2.68. The number of nitrogens with zero attached hydrogens (tertiary/aromatic N) is 1. The third kappa shape index (κ3) is 6.36. The number of nitrogens with two attached hydrogens (primary N) is 1. The molecule has 0 atom stereocenters. The topological polar surface area (TPSA) is 43.1 Å². The summed E-state index contributed by atoms with van der Waals surface area (Å²) in [6.07, 6.45) is 0. The van der Waals surface area contributed by atoms with Gasteiger partial charge in [-0.25, -0.2) is 0 Å². The van der Waals surface area contributed by atoms with Crippen LogP contribution in [0.3, 0.4) is 0 Å². The normalized spacial score (nSPS) is 10.2. The molecule has 0 fully saturated rings. The lowest BCUT2D eigenvalue weighted by Gasteiger charge is -2.29. The maximum atomic E-state index is 11.3. The number of halogens is 2. The maximum absolute atomic E-state index is 11.3. The third-order valence-corrected chi connectivity index (χ3v) is 2.68.